The van der Waals surface area contributed by atoms with Crippen LogP contribution >= 0.6 is 0 Å². The van der Waals surface area contributed by atoms with Crippen LogP contribution in [0.5, 0.6) is 11.5 Å². The second-order valence-corrected chi connectivity index (χ2v) is 7.02. The molecule has 0 aliphatic carbocycles. The molecule has 0 heterocycles. The molecule has 0 atom stereocenters. The summed E-state index contributed by atoms with van der Waals surface area (Å²) in [6.07, 6.45) is 0.994. The van der Waals surface area contributed by atoms with Crippen molar-refractivity contribution in [2.45, 2.75) is 46.6 Å². The van der Waals surface area contributed by atoms with E-state index >= 15 is 0 Å². The van der Waals surface area contributed by atoms with Gasteiger partial charge in [-0.1, -0.05) is 26.0 Å². The van der Waals surface area contributed by atoms with Crippen LogP contribution in [0.2, 0.25) is 0 Å². The van der Waals surface area contributed by atoms with Crippen LogP contribution in [0.3, 0.4) is 0 Å². The average molecular weight is 279 g/mol. The van der Waals surface area contributed by atoms with Crippen molar-refractivity contribution in [2.24, 2.45) is 5.41 Å². The van der Waals surface area contributed by atoms with Crippen molar-refractivity contribution in [2.75, 3.05) is 20.3 Å². The average Bonchev–Trinajstić information content (AvgIpc) is 2.36. The Hall–Kier alpha value is -1.22. The molecule has 1 rings (SSSR count). The second-order valence-electron chi connectivity index (χ2n) is 7.02. The van der Waals surface area contributed by atoms with Gasteiger partial charge in [-0.2, -0.15) is 0 Å². The normalized spacial score (nSPS) is 12.3. The van der Waals surface area contributed by atoms with Crippen LogP contribution < -0.4 is 14.8 Å². The van der Waals surface area contributed by atoms with E-state index in [4.69, 9.17) is 9.47 Å². The van der Waals surface area contributed by atoms with Crippen molar-refractivity contribution in [3.63, 3.8) is 0 Å². The molecular formula is C17H29NO2. The van der Waals surface area contributed by atoms with Crippen LogP contribution in [0, 0.1) is 5.41 Å². The lowest BCUT2D eigenvalue weighted by Gasteiger charge is -2.30. The molecule has 0 bridgehead atoms. The van der Waals surface area contributed by atoms with E-state index in [0.29, 0.717) is 6.61 Å². The number of benzene rings is 1. The Morgan fingerprint density at radius 3 is 2.15 bits per heavy atom. The number of nitrogens with one attached hydrogen (secondary N) is 1. The molecule has 3 heteroatoms. The van der Waals surface area contributed by atoms with Gasteiger partial charge in [0.25, 0.3) is 0 Å². The summed E-state index contributed by atoms with van der Waals surface area (Å²) < 4.78 is 11.1. The van der Waals surface area contributed by atoms with E-state index in [0.717, 1.165) is 24.5 Å². The monoisotopic (exact) mass is 279 g/mol. The Labute approximate surface area is 123 Å². The van der Waals surface area contributed by atoms with E-state index < -0.39 is 0 Å². The van der Waals surface area contributed by atoms with E-state index in [1.807, 2.05) is 24.3 Å². The molecule has 0 aliphatic heterocycles. The molecule has 1 N–H and O–H groups in total. The van der Waals surface area contributed by atoms with Crippen LogP contribution in [-0.4, -0.2) is 25.8 Å². The topological polar surface area (TPSA) is 30.5 Å². The van der Waals surface area contributed by atoms with Crippen molar-refractivity contribution >= 4 is 0 Å². The molecule has 0 saturated heterocycles. The van der Waals surface area contributed by atoms with Crippen LogP contribution in [0.15, 0.2) is 24.3 Å². The molecule has 0 aromatic heterocycles. The zero-order valence-corrected chi connectivity index (χ0v) is 13.7. The van der Waals surface area contributed by atoms with Crippen molar-refractivity contribution in [1.29, 1.82) is 0 Å². The third-order valence-corrected chi connectivity index (χ3v) is 3.20. The predicted octanol–water partition coefficient (Wildman–Crippen LogP) is 3.88. The van der Waals surface area contributed by atoms with E-state index in [-0.39, 0.29) is 11.0 Å². The summed E-state index contributed by atoms with van der Waals surface area (Å²) in [4.78, 5) is 0. The Morgan fingerprint density at radius 1 is 1.00 bits per heavy atom. The van der Waals surface area contributed by atoms with E-state index in [9.17, 15) is 0 Å². The smallest absolute Gasteiger partial charge is 0.161 e. The quantitative estimate of drug-likeness (QED) is 0.821. The lowest BCUT2D eigenvalue weighted by molar-refractivity contribution is 0.204. The third-order valence-electron chi connectivity index (χ3n) is 3.20. The summed E-state index contributed by atoms with van der Waals surface area (Å²) in [7, 11) is 1.67. The van der Waals surface area contributed by atoms with Gasteiger partial charge in [0.1, 0.15) is 0 Å². The van der Waals surface area contributed by atoms with Crippen LogP contribution in [0.25, 0.3) is 0 Å². The molecule has 20 heavy (non-hydrogen) atoms. The first-order valence-electron chi connectivity index (χ1n) is 7.24. The van der Waals surface area contributed by atoms with Crippen molar-refractivity contribution in [1.82, 2.24) is 5.32 Å². The largest absolute Gasteiger partial charge is 0.493 e. The van der Waals surface area contributed by atoms with Crippen LogP contribution in [0.4, 0.5) is 0 Å². The Balaban J connectivity index is 2.42. The Bertz CT molecular complexity index is 408. The zero-order chi connectivity index (χ0) is 15.2. The third kappa shape index (κ3) is 6.29. The number of para-hydroxylation sites is 2. The molecule has 114 valence electrons. The highest BCUT2D eigenvalue weighted by Crippen LogP contribution is 2.27. The molecule has 0 fully saturated rings. The first-order chi connectivity index (χ1) is 9.23. The highest BCUT2D eigenvalue weighted by atomic mass is 16.5. The van der Waals surface area contributed by atoms with Gasteiger partial charge in [-0.25, -0.2) is 0 Å². The molecule has 3 nitrogen and oxygen atoms in total. The van der Waals surface area contributed by atoms with Gasteiger partial charge >= 0.3 is 0 Å². The molecule has 0 saturated carbocycles. The number of hydrogen-bond acceptors (Lipinski definition) is 3. The fourth-order valence-electron chi connectivity index (χ4n) is 1.77. The van der Waals surface area contributed by atoms with Gasteiger partial charge < -0.3 is 14.8 Å². The summed E-state index contributed by atoms with van der Waals surface area (Å²) in [5.74, 6) is 1.60. The fraction of sp³-hybridized carbons (Fsp3) is 0.647. The lowest BCUT2D eigenvalue weighted by atomic mass is 9.88. The van der Waals surface area contributed by atoms with Crippen molar-refractivity contribution in [3.05, 3.63) is 24.3 Å². The molecule has 1 aromatic carbocycles. The van der Waals surface area contributed by atoms with E-state index in [1.54, 1.807) is 7.11 Å². The Kier molecular flexibility index (Phi) is 5.88. The summed E-state index contributed by atoms with van der Waals surface area (Å²) in [5, 5.41) is 3.55. The van der Waals surface area contributed by atoms with Gasteiger partial charge in [0.15, 0.2) is 11.5 Å². The standard InChI is InChI=1S/C17H29NO2/c1-16(2,3)18-13-17(4,5)11-12-20-15-10-8-7-9-14(15)19-6/h7-10,18H,11-13H2,1-6H3. The number of hydrogen-bond donors (Lipinski definition) is 1. The maximum atomic E-state index is 5.84. The van der Waals surface area contributed by atoms with Crippen molar-refractivity contribution in [3.8, 4) is 11.5 Å². The molecule has 0 unspecified atom stereocenters. The van der Waals surface area contributed by atoms with Gasteiger partial charge in [-0.05, 0) is 44.7 Å². The lowest BCUT2D eigenvalue weighted by Crippen LogP contribution is -2.42. The zero-order valence-electron chi connectivity index (χ0n) is 13.7. The number of methoxy groups -OCH3 is 1. The molecule has 0 amide bonds. The van der Waals surface area contributed by atoms with E-state index in [1.165, 1.54) is 0 Å². The maximum absolute atomic E-state index is 5.84. The number of ether oxygens (including phenoxy) is 2. The minimum atomic E-state index is 0.154. The second kappa shape index (κ2) is 6.98. The minimum Gasteiger partial charge on any atom is -0.493 e. The summed E-state index contributed by atoms with van der Waals surface area (Å²) in [6.45, 7) is 12.8. The SMILES string of the molecule is COc1ccccc1OCCC(C)(C)CNC(C)(C)C. The highest BCUT2D eigenvalue weighted by molar-refractivity contribution is 5.39. The maximum Gasteiger partial charge on any atom is 0.161 e. The number of rotatable bonds is 7. The summed E-state index contributed by atoms with van der Waals surface area (Å²) >= 11 is 0. The summed E-state index contributed by atoms with van der Waals surface area (Å²) in [5.41, 5.74) is 0.357. The Morgan fingerprint density at radius 2 is 1.60 bits per heavy atom. The first-order valence-corrected chi connectivity index (χ1v) is 7.24. The van der Waals surface area contributed by atoms with E-state index in [2.05, 4.69) is 39.9 Å². The van der Waals surface area contributed by atoms with Crippen molar-refractivity contribution < 1.29 is 9.47 Å². The van der Waals surface area contributed by atoms with Gasteiger partial charge in [-0.15, -0.1) is 0 Å². The summed E-state index contributed by atoms with van der Waals surface area (Å²) in [6, 6.07) is 7.77. The molecule has 0 radical (unpaired) electrons. The molecule has 0 aliphatic rings. The van der Waals surface area contributed by atoms with Gasteiger partial charge in [-0.3, -0.25) is 0 Å². The predicted molar refractivity (Wildman–Crippen MR) is 84.6 cm³/mol. The molecule has 1 aromatic rings. The van der Waals surface area contributed by atoms with Gasteiger partial charge in [0.05, 0.1) is 13.7 Å². The fourth-order valence-corrected chi connectivity index (χ4v) is 1.77. The van der Waals surface area contributed by atoms with Crippen LogP contribution in [-0.2, 0) is 0 Å². The van der Waals surface area contributed by atoms with Gasteiger partial charge in [0, 0.05) is 12.1 Å². The first kappa shape index (κ1) is 16.8. The molecule has 0 spiro atoms. The molecular weight excluding hydrogens is 250 g/mol. The minimum absolute atomic E-state index is 0.154. The van der Waals surface area contributed by atoms with Crippen LogP contribution in [0.1, 0.15) is 41.0 Å². The highest BCUT2D eigenvalue weighted by Gasteiger charge is 2.21. The van der Waals surface area contributed by atoms with Gasteiger partial charge in [0.2, 0.25) is 0 Å².